The summed E-state index contributed by atoms with van der Waals surface area (Å²) in [5, 5.41) is 11.8. The van der Waals surface area contributed by atoms with Crippen LogP contribution in [-0.2, 0) is 10.0 Å². The zero-order chi connectivity index (χ0) is 18.0. The van der Waals surface area contributed by atoms with Crippen molar-refractivity contribution < 1.29 is 18.3 Å². The van der Waals surface area contributed by atoms with Gasteiger partial charge in [0.2, 0.25) is 0 Å². The Hall–Kier alpha value is -2.71. The van der Waals surface area contributed by atoms with E-state index in [1.807, 2.05) is 18.4 Å². The first kappa shape index (κ1) is 17.1. The van der Waals surface area contributed by atoms with Crippen molar-refractivity contribution in [2.75, 3.05) is 4.72 Å². The second-order valence-corrected chi connectivity index (χ2v) is 8.02. The smallest absolute Gasteiger partial charge is 0.335 e. The summed E-state index contributed by atoms with van der Waals surface area (Å²) in [5.74, 6) is -1.18. The predicted octanol–water partition coefficient (Wildman–Crippen LogP) is 3.62. The Morgan fingerprint density at radius 2 is 1.92 bits per heavy atom. The summed E-state index contributed by atoms with van der Waals surface area (Å²) in [6.45, 7) is 1.90. The zero-order valence-electron chi connectivity index (χ0n) is 13.1. The third kappa shape index (κ3) is 3.86. The van der Waals surface area contributed by atoms with Gasteiger partial charge in [-0.3, -0.25) is 4.72 Å². The minimum absolute atomic E-state index is 0.0884. The van der Waals surface area contributed by atoms with Crippen molar-refractivity contribution >= 4 is 33.0 Å². The third-order valence-corrected chi connectivity index (χ3v) is 5.57. The molecule has 0 aliphatic rings. The highest BCUT2D eigenvalue weighted by molar-refractivity contribution is 7.92. The molecule has 1 heterocycles. The van der Waals surface area contributed by atoms with Crippen LogP contribution in [-0.4, -0.2) is 24.5 Å². The Bertz CT molecular complexity index is 1040. The lowest BCUT2D eigenvalue weighted by Gasteiger charge is -2.09. The molecule has 0 atom stereocenters. The van der Waals surface area contributed by atoms with Gasteiger partial charge in [-0.05, 0) is 37.3 Å². The van der Waals surface area contributed by atoms with E-state index in [-0.39, 0.29) is 10.5 Å². The Morgan fingerprint density at radius 3 is 2.60 bits per heavy atom. The van der Waals surface area contributed by atoms with Gasteiger partial charge in [0.05, 0.1) is 21.2 Å². The number of carboxylic acid groups (broad SMARTS) is 1. The van der Waals surface area contributed by atoms with Gasteiger partial charge in [-0.2, -0.15) is 0 Å². The molecule has 0 saturated carbocycles. The number of aromatic nitrogens is 1. The number of carbonyl (C=O) groups is 1. The molecule has 0 saturated heterocycles. The molecule has 3 rings (SSSR count). The van der Waals surface area contributed by atoms with Gasteiger partial charge in [-0.15, -0.1) is 11.3 Å². The summed E-state index contributed by atoms with van der Waals surface area (Å²) in [4.78, 5) is 15.3. The lowest BCUT2D eigenvalue weighted by molar-refractivity contribution is 0.0696. The summed E-state index contributed by atoms with van der Waals surface area (Å²) >= 11 is 1.51. The van der Waals surface area contributed by atoms with Gasteiger partial charge in [-0.25, -0.2) is 18.2 Å². The van der Waals surface area contributed by atoms with E-state index in [9.17, 15) is 13.2 Å². The number of benzene rings is 2. The molecule has 0 aliphatic carbocycles. The van der Waals surface area contributed by atoms with Crippen LogP contribution in [0.15, 0.2) is 58.8 Å². The quantitative estimate of drug-likeness (QED) is 0.711. The fourth-order valence-electron chi connectivity index (χ4n) is 2.25. The van der Waals surface area contributed by atoms with E-state index in [1.165, 1.54) is 29.5 Å². The zero-order valence-corrected chi connectivity index (χ0v) is 14.8. The summed E-state index contributed by atoms with van der Waals surface area (Å²) in [6, 6.07) is 12.1. The highest BCUT2D eigenvalue weighted by atomic mass is 32.2. The molecule has 128 valence electrons. The fourth-order valence-corrected chi connectivity index (χ4v) is 3.97. The van der Waals surface area contributed by atoms with Gasteiger partial charge in [0.25, 0.3) is 10.0 Å². The molecule has 0 aliphatic heterocycles. The van der Waals surface area contributed by atoms with Gasteiger partial charge in [0, 0.05) is 16.6 Å². The van der Waals surface area contributed by atoms with E-state index in [4.69, 9.17) is 5.11 Å². The first-order chi connectivity index (χ1) is 11.8. The van der Waals surface area contributed by atoms with Gasteiger partial charge < -0.3 is 5.11 Å². The maximum atomic E-state index is 12.5. The van der Waals surface area contributed by atoms with E-state index in [1.54, 1.807) is 18.2 Å². The number of nitrogens with zero attached hydrogens (tertiary/aromatic N) is 1. The van der Waals surface area contributed by atoms with Gasteiger partial charge in [0.1, 0.15) is 0 Å². The molecule has 2 aromatic carbocycles. The number of thiazole rings is 1. The summed E-state index contributed by atoms with van der Waals surface area (Å²) in [6.07, 6.45) is 0. The van der Waals surface area contributed by atoms with E-state index in [2.05, 4.69) is 9.71 Å². The van der Waals surface area contributed by atoms with Gasteiger partial charge >= 0.3 is 5.97 Å². The maximum Gasteiger partial charge on any atom is 0.335 e. The molecule has 0 amide bonds. The molecule has 0 bridgehead atoms. The molecule has 0 unspecified atom stereocenters. The minimum Gasteiger partial charge on any atom is -0.478 e. The number of aromatic carboxylic acids is 1. The number of sulfonamides is 1. The second kappa shape index (κ2) is 6.66. The lowest BCUT2D eigenvalue weighted by Crippen LogP contribution is -2.13. The van der Waals surface area contributed by atoms with Crippen LogP contribution in [0.3, 0.4) is 0 Å². The van der Waals surface area contributed by atoms with Crippen molar-refractivity contribution in [2.45, 2.75) is 11.8 Å². The Labute approximate surface area is 148 Å². The fraction of sp³-hybridized carbons (Fsp3) is 0.0588. The van der Waals surface area contributed by atoms with Gasteiger partial charge in [0.15, 0.2) is 0 Å². The molecular weight excluding hydrogens is 360 g/mol. The van der Waals surface area contributed by atoms with Crippen LogP contribution < -0.4 is 4.72 Å². The second-order valence-electron chi connectivity index (χ2n) is 5.27. The number of nitrogens with one attached hydrogen (secondary N) is 1. The van der Waals surface area contributed by atoms with Crippen LogP contribution in [0.1, 0.15) is 15.4 Å². The molecule has 0 fully saturated rings. The molecule has 25 heavy (non-hydrogen) atoms. The molecular formula is C17H14N2O4S2. The topological polar surface area (TPSA) is 96.4 Å². The number of carboxylic acids is 1. The summed E-state index contributed by atoms with van der Waals surface area (Å²) in [5.41, 5.74) is 1.86. The van der Waals surface area contributed by atoms with Crippen LogP contribution in [0.25, 0.3) is 11.3 Å². The van der Waals surface area contributed by atoms with Crippen LogP contribution >= 0.6 is 11.3 Å². The summed E-state index contributed by atoms with van der Waals surface area (Å²) < 4.78 is 27.5. The third-order valence-electron chi connectivity index (χ3n) is 3.42. The van der Waals surface area contributed by atoms with Crippen LogP contribution in [0.2, 0.25) is 0 Å². The van der Waals surface area contributed by atoms with Crippen molar-refractivity contribution in [2.24, 2.45) is 0 Å². The van der Waals surface area contributed by atoms with Crippen molar-refractivity contribution in [3.8, 4) is 11.3 Å². The Balaban J connectivity index is 1.91. The molecule has 8 heteroatoms. The molecule has 0 radical (unpaired) electrons. The maximum absolute atomic E-state index is 12.5. The normalized spacial score (nSPS) is 11.2. The van der Waals surface area contributed by atoms with E-state index in [0.717, 1.165) is 22.3 Å². The van der Waals surface area contributed by atoms with Crippen molar-refractivity contribution in [3.63, 3.8) is 0 Å². The Morgan fingerprint density at radius 1 is 1.16 bits per heavy atom. The van der Waals surface area contributed by atoms with Crippen LogP contribution in [0.5, 0.6) is 0 Å². The van der Waals surface area contributed by atoms with Crippen molar-refractivity contribution in [3.05, 3.63) is 64.5 Å². The molecule has 3 aromatic rings. The average molecular weight is 374 g/mol. The first-order valence-corrected chi connectivity index (χ1v) is 9.60. The van der Waals surface area contributed by atoms with E-state index in [0.29, 0.717) is 5.69 Å². The standard InChI is InChI=1S/C17H14N2O4S2/c1-11-18-16(10-24-11)12-4-2-6-14(8-12)19-25(22,23)15-7-3-5-13(9-15)17(20)21/h2-10,19H,1H3,(H,20,21). The minimum atomic E-state index is -3.89. The lowest BCUT2D eigenvalue weighted by atomic mass is 10.1. The average Bonchev–Trinajstić information content (AvgIpc) is 3.01. The number of hydrogen-bond acceptors (Lipinski definition) is 5. The van der Waals surface area contributed by atoms with Crippen LogP contribution in [0, 0.1) is 6.92 Å². The first-order valence-electron chi connectivity index (χ1n) is 7.24. The number of rotatable bonds is 5. The Kier molecular flexibility index (Phi) is 4.56. The molecule has 2 N–H and O–H groups in total. The SMILES string of the molecule is Cc1nc(-c2cccc(NS(=O)(=O)c3cccc(C(=O)O)c3)c2)cs1. The van der Waals surface area contributed by atoms with Crippen molar-refractivity contribution in [1.29, 1.82) is 0 Å². The van der Waals surface area contributed by atoms with E-state index >= 15 is 0 Å². The molecule has 0 spiro atoms. The molecule has 1 aromatic heterocycles. The largest absolute Gasteiger partial charge is 0.478 e. The summed E-state index contributed by atoms with van der Waals surface area (Å²) in [7, 11) is -3.89. The number of anilines is 1. The monoisotopic (exact) mass is 374 g/mol. The number of aryl methyl sites for hydroxylation is 1. The highest BCUT2D eigenvalue weighted by Crippen LogP contribution is 2.25. The van der Waals surface area contributed by atoms with Gasteiger partial charge in [-0.1, -0.05) is 18.2 Å². The number of hydrogen-bond donors (Lipinski definition) is 2. The van der Waals surface area contributed by atoms with Crippen molar-refractivity contribution in [1.82, 2.24) is 4.98 Å². The van der Waals surface area contributed by atoms with E-state index < -0.39 is 16.0 Å². The van der Waals surface area contributed by atoms with Crippen LogP contribution in [0.4, 0.5) is 5.69 Å². The molecule has 6 nitrogen and oxygen atoms in total. The predicted molar refractivity (Wildman–Crippen MR) is 96.5 cm³/mol. The highest BCUT2D eigenvalue weighted by Gasteiger charge is 2.16.